The van der Waals surface area contributed by atoms with Gasteiger partial charge in [0.05, 0.1) is 17.5 Å². The normalized spacial score (nSPS) is 21.6. The molecule has 2 heterocycles. The maximum atomic E-state index is 11.1. The van der Waals surface area contributed by atoms with E-state index in [-0.39, 0.29) is 11.4 Å². The van der Waals surface area contributed by atoms with Crippen LogP contribution in [0.1, 0.15) is 31.9 Å². The number of nitrogens with one attached hydrogen (secondary N) is 1. The molecule has 0 aliphatic carbocycles. The summed E-state index contributed by atoms with van der Waals surface area (Å²) in [5.74, 6) is 0.392. The molecule has 1 N–H and O–H groups in total. The number of hydrogen-bond donors (Lipinski definition) is 1. The fourth-order valence-electron chi connectivity index (χ4n) is 2.78. The Morgan fingerprint density at radius 3 is 2.87 bits per heavy atom. The van der Waals surface area contributed by atoms with Gasteiger partial charge in [0.2, 0.25) is 5.91 Å². The summed E-state index contributed by atoms with van der Waals surface area (Å²) in [6.45, 7) is 6.55. The first kappa shape index (κ1) is 15.8. The monoisotopic (exact) mass is 328 g/mol. The Hall–Kier alpha value is -2.08. The van der Waals surface area contributed by atoms with Crippen LogP contribution >= 0.6 is 11.8 Å². The third kappa shape index (κ3) is 3.17. The summed E-state index contributed by atoms with van der Waals surface area (Å²) in [5, 5.41) is 11.3. The van der Waals surface area contributed by atoms with Gasteiger partial charge >= 0.3 is 0 Å². The summed E-state index contributed by atoms with van der Waals surface area (Å²) in [4.78, 5) is 13.4. The van der Waals surface area contributed by atoms with Crippen LogP contribution in [0.3, 0.4) is 0 Å². The minimum Gasteiger partial charge on any atom is -0.366 e. The van der Waals surface area contributed by atoms with Gasteiger partial charge in [0, 0.05) is 18.3 Å². The second-order valence-corrected chi connectivity index (χ2v) is 7.27. The zero-order chi connectivity index (χ0) is 16.6. The summed E-state index contributed by atoms with van der Waals surface area (Å²) in [7, 11) is 2.11. The fraction of sp³-hybridized carbons (Fsp3) is 0.353. The van der Waals surface area contributed by atoms with Crippen molar-refractivity contribution >= 4 is 40.3 Å². The largest absolute Gasteiger partial charge is 0.366 e. The fourth-order valence-corrected chi connectivity index (χ4v) is 3.42. The first-order valence-electron chi connectivity index (χ1n) is 7.48. The van der Waals surface area contributed by atoms with E-state index >= 15 is 0 Å². The van der Waals surface area contributed by atoms with E-state index in [9.17, 15) is 4.79 Å². The highest BCUT2D eigenvalue weighted by molar-refractivity contribution is 8.15. The Balaban J connectivity index is 1.84. The molecule has 6 heteroatoms. The molecule has 0 saturated carbocycles. The molecular weight excluding hydrogens is 308 g/mol. The van der Waals surface area contributed by atoms with Gasteiger partial charge in [-0.3, -0.25) is 4.79 Å². The van der Waals surface area contributed by atoms with E-state index in [0.717, 1.165) is 5.56 Å². The van der Waals surface area contributed by atoms with E-state index in [4.69, 9.17) is 0 Å². The minimum absolute atomic E-state index is 0.0105. The third-order valence-corrected chi connectivity index (χ3v) is 5.05. The van der Waals surface area contributed by atoms with E-state index in [0.29, 0.717) is 10.9 Å². The number of amidine groups is 1. The Morgan fingerprint density at radius 2 is 2.17 bits per heavy atom. The number of fused-ring (bicyclic) bond motifs is 1. The molecule has 1 aromatic carbocycles. The van der Waals surface area contributed by atoms with Crippen molar-refractivity contribution in [1.29, 1.82) is 0 Å². The highest BCUT2D eigenvalue weighted by atomic mass is 32.2. The predicted molar refractivity (Wildman–Crippen MR) is 98.2 cm³/mol. The van der Waals surface area contributed by atoms with Crippen molar-refractivity contribution in [3.63, 3.8) is 0 Å². The van der Waals surface area contributed by atoms with Crippen molar-refractivity contribution < 1.29 is 4.79 Å². The second kappa shape index (κ2) is 5.85. The zero-order valence-electron chi connectivity index (χ0n) is 13.8. The summed E-state index contributed by atoms with van der Waals surface area (Å²) in [6, 6.07) is 6.28. The topological polar surface area (TPSA) is 57.1 Å². The number of allylic oxidation sites excluding steroid dienone is 1. The van der Waals surface area contributed by atoms with Crippen molar-refractivity contribution in [1.82, 2.24) is 5.32 Å². The van der Waals surface area contributed by atoms with Crippen molar-refractivity contribution in [3.05, 3.63) is 35.4 Å². The van der Waals surface area contributed by atoms with Gasteiger partial charge < -0.3 is 10.2 Å². The maximum absolute atomic E-state index is 11.1. The van der Waals surface area contributed by atoms with Crippen molar-refractivity contribution in [2.75, 3.05) is 17.7 Å². The van der Waals surface area contributed by atoms with Crippen LogP contribution in [0.2, 0.25) is 0 Å². The van der Waals surface area contributed by atoms with E-state index in [2.05, 4.69) is 66.4 Å². The van der Waals surface area contributed by atoms with Crippen LogP contribution in [-0.4, -0.2) is 35.6 Å². The molecule has 0 atom stereocenters. The lowest BCUT2D eigenvalue weighted by Crippen LogP contribution is -2.42. The quantitative estimate of drug-likeness (QED) is 0.671. The number of anilines is 1. The van der Waals surface area contributed by atoms with Crippen LogP contribution in [0.15, 0.2) is 34.5 Å². The molecule has 1 amide bonds. The van der Waals surface area contributed by atoms with E-state index in [1.54, 1.807) is 6.21 Å². The van der Waals surface area contributed by atoms with Gasteiger partial charge in [-0.15, -0.1) is 5.10 Å². The molecular formula is C17H20N4OS. The summed E-state index contributed by atoms with van der Waals surface area (Å²) < 4.78 is 0. The zero-order valence-corrected chi connectivity index (χ0v) is 14.6. The molecule has 2 aliphatic heterocycles. The van der Waals surface area contributed by atoms with Gasteiger partial charge in [0.25, 0.3) is 0 Å². The molecule has 0 aromatic heterocycles. The average Bonchev–Trinajstić information content (AvgIpc) is 2.90. The summed E-state index contributed by atoms with van der Waals surface area (Å²) in [5.41, 5.74) is 4.70. The van der Waals surface area contributed by atoms with Crippen LogP contribution in [0, 0.1) is 0 Å². The average molecular weight is 328 g/mol. The molecule has 1 aromatic rings. The Bertz CT molecular complexity index is 749. The number of carbonyl (C=O) groups excluding carboxylic acids is 1. The van der Waals surface area contributed by atoms with Crippen LogP contribution in [0.5, 0.6) is 0 Å². The molecule has 5 nitrogen and oxygen atoms in total. The molecule has 0 radical (unpaired) electrons. The molecule has 120 valence electrons. The van der Waals surface area contributed by atoms with Crippen molar-refractivity contribution in [2.45, 2.75) is 26.3 Å². The number of thioether (sulfide) groups is 1. The van der Waals surface area contributed by atoms with Gasteiger partial charge in [-0.2, -0.15) is 5.10 Å². The molecule has 23 heavy (non-hydrogen) atoms. The molecule has 2 aliphatic rings. The van der Waals surface area contributed by atoms with Crippen molar-refractivity contribution in [3.8, 4) is 0 Å². The third-order valence-electron chi connectivity index (χ3n) is 4.18. The maximum Gasteiger partial charge on any atom is 0.236 e. The number of rotatable bonds is 2. The molecule has 1 saturated heterocycles. The Labute approximate surface area is 140 Å². The van der Waals surface area contributed by atoms with Crippen molar-refractivity contribution in [2.24, 2.45) is 10.2 Å². The number of nitrogens with zero attached hydrogens (tertiary/aromatic N) is 3. The predicted octanol–water partition coefficient (Wildman–Crippen LogP) is 2.87. The van der Waals surface area contributed by atoms with E-state index < -0.39 is 0 Å². The lowest BCUT2D eigenvalue weighted by Gasteiger charge is -2.40. The molecule has 3 rings (SSSR count). The summed E-state index contributed by atoms with van der Waals surface area (Å²) >= 11 is 1.37. The molecule has 0 unspecified atom stereocenters. The van der Waals surface area contributed by atoms with Crippen LogP contribution < -0.4 is 10.2 Å². The number of hydrogen-bond acceptors (Lipinski definition) is 5. The second-order valence-electron chi connectivity index (χ2n) is 6.30. The molecule has 0 bridgehead atoms. The van der Waals surface area contributed by atoms with Crippen LogP contribution in [-0.2, 0) is 4.79 Å². The highest BCUT2D eigenvalue weighted by Crippen LogP contribution is 2.37. The van der Waals surface area contributed by atoms with E-state index in [1.807, 2.05) is 6.07 Å². The Kier molecular flexibility index (Phi) is 4.02. The number of amides is 1. The number of likely N-dealkylation sites (N-methyl/N-ethyl adjacent to an activating group) is 1. The first-order valence-corrected chi connectivity index (χ1v) is 8.47. The SMILES string of the molecule is CC1=CC(C)(C)N(C)c2ccc(C=NN=C3NC(=O)CS3)cc21. The van der Waals surface area contributed by atoms with Gasteiger partial charge in [-0.25, -0.2) is 0 Å². The Morgan fingerprint density at radius 1 is 1.39 bits per heavy atom. The molecule has 0 spiro atoms. The van der Waals surface area contributed by atoms with Crippen LogP contribution in [0.25, 0.3) is 5.57 Å². The van der Waals surface area contributed by atoms with Gasteiger partial charge in [0.15, 0.2) is 5.17 Å². The minimum atomic E-state index is -0.0239. The van der Waals surface area contributed by atoms with Crippen LogP contribution in [0.4, 0.5) is 5.69 Å². The number of benzene rings is 1. The lowest BCUT2D eigenvalue weighted by molar-refractivity contribution is -0.116. The smallest absolute Gasteiger partial charge is 0.236 e. The lowest BCUT2D eigenvalue weighted by atomic mass is 9.89. The van der Waals surface area contributed by atoms with Gasteiger partial charge in [0.1, 0.15) is 0 Å². The number of carbonyl (C=O) groups is 1. The van der Waals surface area contributed by atoms with Gasteiger partial charge in [-0.1, -0.05) is 23.9 Å². The first-order chi connectivity index (χ1) is 10.9. The van der Waals surface area contributed by atoms with Gasteiger partial charge in [-0.05, 0) is 44.0 Å². The standard InChI is InChI=1S/C17H20N4OS/c1-11-8-17(2,3)21(4)14-6-5-12(7-13(11)14)9-18-20-16-19-15(22)10-23-16/h5-9H,10H2,1-4H3,(H,19,20,22). The summed E-state index contributed by atoms with van der Waals surface area (Å²) in [6.07, 6.45) is 3.99. The van der Waals surface area contributed by atoms with E-state index in [1.165, 1.54) is 28.6 Å². The highest BCUT2D eigenvalue weighted by Gasteiger charge is 2.28. The molecule has 1 fully saturated rings.